The summed E-state index contributed by atoms with van der Waals surface area (Å²) in [5.41, 5.74) is 4.16. The van der Waals surface area contributed by atoms with Gasteiger partial charge in [0, 0.05) is 5.56 Å². The lowest BCUT2D eigenvalue weighted by molar-refractivity contribution is -0.118. The zero-order chi connectivity index (χ0) is 18.7. The molecule has 0 N–H and O–H groups in total. The zero-order valence-corrected chi connectivity index (χ0v) is 15.0. The molecule has 1 unspecified atom stereocenters. The predicted octanol–water partition coefficient (Wildman–Crippen LogP) is 4.01. The molecule has 0 aliphatic heterocycles. The van der Waals surface area contributed by atoms with Gasteiger partial charge in [-0.2, -0.15) is 8.42 Å². The average Bonchev–Trinajstić information content (AvgIpc) is 3.03. The first-order valence-electron chi connectivity index (χ1n) is 7.94. The molecule has 1 amide bonds. The summed E-state index contributed by atoms with van der Waals surface area (Å²) in [5, 5.41) is 4.17. The van der Waals surface area contributed by atoms with Gasteiger partial charge in [-0.15, -0.1) is 0 Å². The van der Waals surface area contributed by atoms with Gasteiger partial charge in [-0.25, -0.2) is 0 Å². The van der Waals surface area contributed by atoms with E-state index in [9.17, 15) is 13.2 Å². The van der Waals surface area contributed by atoms with E-state index in [-0.39, 0.29) is 0 Å². The molecule has 0 saturated carbocycles. The molecule has 26 heavy (non-hydrogen) atoms. The standard InChI is InChI=1S/C19H16N2O4S/c1-12(19(22)21-26(23)24)14-8-10-15(11-9-14)17-13(2)25-20-18(17)16-6-4-3-5-7-16/h3-12H,1-2H3. The highest BCUT2D eigenvalue weighted by Gasteiger charge is 2.18. The van der Waals surface area contributed by atoms with Crippen LogP contribution in [0.2, 0.25) is 0 Å². The van der Waals surface area contributed by atoms with Gasteiger partial charge < -0.3 is 4.52 Å². The number of carbonyl (C=O) groups excluding carboxylic acids is 1. The fourth-order valence-corrected chi connectivity index (χ4v) is 3.04. The minimum absolute atomic E-state index is 0.640. The molecule has 1 atom stereocenters. The van der Waals surface area contributed by atoms with Crippen molar-refractivity contribution in [3.05, 3.63) is 65.9 Å². The normalized spacial score (nSPS) is 11.8. The highest BCUT2D eigenvalue weighted by Crippen LogP contribution is 2.34. The molecular weight excluding hydrogens is 352 g/mol. The number of carbonyl (C=O) groups is 1. The molecule has 2 aromatic carbocycles. The second-order valence-electron chi connectivity index (χ2n) is 5.82. The first-order chi connectivity index (χ1) is 12.5. The van der Waals surface area contributed by atoms with Crippen molar-refractivity contribution in [2.24, 2.45) is 4.36 Å². The molecule has 7 heteroatoms. The Hall–Kier alpha value is -3.06. The van der Waals surface area contributed by atoms with Gasteiger partial charge in [0.1, 0.15) is 11.5 Å². The smallest absolute Gasteiger partial charge is 0.319 e. The predicted molar refractivity (Wildman–Crippen MR) is 96.9 cm³/mol. The van der Waals surface area contributed by atoms with Crippen LogP contribution in [0.15, 0.2) is 63.5 Å². The number of aromatic nitrogens is 1. The lowest BCUT2D eigenvalue weighted by Gasteiger charge is -2.08. The number of amides is 1. The van der Waals surface area contributed by atoms with Crippen LogP contribution in [0.5, 0.6) is 0 Å². The van der Waals surface area contributed by atoms with E-state index in [4.69, 9.17) is 4.52 Å². The Bertz CT molecular complexity index is 1060. The number of rotatable bonds is 4. The molecule has 0 aliphatic rings. The summed E-state index contributed by atoms with van der Waals surface area (Å²) in [4.78, 5) is 11.8. The van der Waals surface area contributed by atoms with Crippen molar-refractivity contribution in [2.75, 3.05) is 0 Å². The third-order valence-corrected chi connectivity index (χ3v) is 4.47. The Morgan fingerprint density at radius 3 is 2.31 bits per heavy atom. The van der Waals surface area contributed by atoms with Crippen LogP contribution in [0.25, 0.3) is 22.4 Å². The van der Waals surface area contributed by atoms with Crippen LogP contribution < -0.4 is 0 Å². The van der Waals surface area contributed by atoms with E-state index in [1.165, 1.54) is 0 Å². The zero-order valence-electron chi connectivity index (χ0n) is 14.2. The van der Waals surface area contributed by atoms with Gasteiger partial charge in [-0.1, -0.05) is 64.1 Å². The first-order valence-corrected chi connectivity index (χ1v) is 8.97. The Morgan fingerprint density at radius 1 is 1.04 bits per heavy atom. The van der Waals surface area contributed by atoms with Gasteiger partial charge >= 0.3 is 10.5 Å². The number of aryl methyl sites for hydroxylation is 1. The largest absolute Gasteiger partial charge is 0.360 e. The number of nitrogens with zero attached hydrogens (tertiary/aromatic N) is 2. The third-order valence-electron chi connectivity index (χ3n) is 4.14. The highest BCUT2D eigenvalue weighted by atomic mass is 32.2. The summed E-state index contributed by atoms with van der Waals surface area (Å²) in [6, 6.07) is 17.0. The molecule has 3 aromatic rings. The Labute approximate surface area is 152 Å². The summed E-state index contributed by atoms with van der Waals surface area (Å²) in [7, 11) is -2.74. The van der Waals surface area contributed by atoms with Crippen molar-refractivity contribution in [2.45, 2.75) is 19.8 Å². The SMILES string of the molecule is Cc1onc(-c2ccccc2)c1-c1ccc(C(C)C(=O)N=S(=O)=O)cc1. The summed E-state index contributed by atoms with van der Waals surface area (Å²) in [6.45, 7) is 3.46. The first kappa shape index (κ1) is 17.8. The lowest BCUT2D eigenvalue weighted by atomic mass is 9.95. The van der Waals surface area contributed by atoms with Crippen molar-refractivity contribution >= 4 is 16.4 Å². The van der Waals surface area contributed by atoms with Gasteiger partial charge in [-0.05, 0) is 25.0 Å². The molecule has 1 aromatic heterocycles. The van der Waals surface area contributed by atoms with Crippen LogP contribution in [0.4, 0.5) is 0 Å². The van der Waals surface area contributed by atoms with E-state index < -0.39 is 22.3 Å². The van der Waals surface area contributed by atoms with E-state index in [2.05, 4.69) is 9.52 Å². The van der Waals surface area contributed by atoms with Crippen molar-refractivity contribution in [3.8, 4) is 22.4 Å². The Balaban J connectivity index is 1.97. The summed E-state index contributed by atoms with van der Waals surface area (Å²) >= 11 is 0. The summed E-state index contributed by atoms with van der Waals surface area (Å²) < 4.78 is 29.5. The number of hydrogen-bond acceptors (Lipinski definition) is 5. The van der Waals surface area contributed by atoms with E-state index in [0.717, 1.165) is 22.4 Å². The van der Waals surface area contributed by atoms with E-state index in [1.807, 2.05) is 49.4 Å². The fourth-order valence-electron chi connectivity index (χ4n) is 2.74. The van der Waals surface area contributed by atoms with Crippen LogP contribution in [0, 0.1) is 6.92 Å². The molecule has 0 aliphatic carbocycles. The number of hydrogen-bond donors (Lipinski definition) is 0. The molecule has 0 saturated heterocycles. The van der Waals surface area contributed by atoms with E-state index in [0.29, 0.717) is 11.3 Å². The topological polar surface area (TPSA) is 89.6 Å². The monoisotopic (exact) mass is 368 g/mol. The quantitative estimate of drug-likeness (QED) is 0.694. The maximum Gasteiger partial charge on any atom is 0.319 e. The van der Waals surface area contributed by atoms with Gasteiger partial charge in [0.05, 0.1) is 11.5 Å². The maximum absolute atomic E-state index is 11.8. The van der Waals surface area contributed by atoms with Crippen molar-refractivity contribution < 1.29 is 17.7 Å². The molecular formula is C19H16N2O4S. The molecule has 0 bridgehead atoms. The molecule has 1 heterocycles. The summed E-state index contributed by atoms with van der Waals surface area (Å²) in [5.74, 6) is -0.645. The molecule has 6 nitrogen and oxygen atoms in total. The molecule has 0 fully saturated rings. The van der Waals surface area contributed by atoms with Gasteiger partial charge in [0.15, 0.2) is 0 Å². The van der Waals surface area contributed by atoms with Gasteiger partial charge in [0.2, 0.25) is 0 Å². The maximum atomic E-state index is 11.8. The molecule has 0 spiro atoms. The fraction of sp³-hybridized carbons (Fsp3) is 0.158. The molecule has 0 radical (unpaired) electrons. The van der Waals surface area contributed by atoms with Gasteiger partial charge in [-0.3, -0.25) is 4.79 Å². The minimum Gasteiger partial charge on any atom is -0.360 e. The summed E-state index contributed by atoms with van der Waals surface area (Å²) in [6.07, 6.45) is 0. The van der Waals surface area contributed by atoms with Crippen LogP contribution >= 0.6 is 0 Å². The highest BCUT2D eigenvalue weighted by molar-refractivity contribution is 7.62. The van der Waals surface area contributed by atoms with Crippen LogP contribution in [0.1, 0.15) is 24.2 Å². The average molecular weight is 368 g/mol. The molecule has 132 valence electrons. The minimum atomic E-state index is -2.74. The van der Waals surface area contributed by atoms with Crippen LogP contribution in [-0.4, -0.2) is 19.5 Å². The van der Waals surface area contributed by atoms with Crippen molar-refractivity contribution in [1.82, 2.24) is 5.16 Å². The third kappa shape index (κ3) is 3.62. The van der Waals surface area contributed by atoms with E-state index in [1.54, 1.807) is 19.1 Å². The Kier molecular flexibility index (Phi) is 5.09. The van der Waals surface area contributed by atoms with Gasteiger partial charge in [0.25, 0.3) is 5.91 Å². The van der Waals surface area contributed by atoms with Crippen molar-refractivity contribution in [1.29, 1.82) is 0 Å². The molecule has 3 rings (SSSR count). The van der Waals surface area contributed by atoms with Crippen molar-refractivity contribution in [3.63, 3.8) is 0 Å². The van der Waals surface area contributed by atoms with Crippen LogP contribution in [0.3, 0.4) is 0 Å². The number of benzene rings is 2. The second kappa shape index (κ2) is 7.45. The van der Waals surface area contributed by atoms with E-state index >= 15 is 0 Å². The second-order valence-corrected chi connectivity index (χ2v) is 6.44. The lowest BCUT2D eigenvalue weighted by Crippen LogP contribution is -2.05. The van der Waals surface area contributed by atoms with Crippen LogP contribution in [-0.2, 0) is 15.3 Å². The Morgan fingerprint density at radius 2 is 1.69 bits per heavy atom.